The van der Waals surface area contributed by atoms with Gasteiger partial charge in [0.15, 0.2) is 5.65 Å². The van der Waals surface area contributed by atoms with E-state index >= 15 is 0 Å². The molecule has 0 bridgehead atoms. The summed E-state index contributed by atoms with van der Waals surface area (Å²) in [6.45, 7) is 4.80. The Morgan fingerprint density at radius 3 is 3.00 bits per heavy atom. The minimum absolute atomic E-state index is 0.560. The molecule has 7 nitrogen and oxygen atoms in total. The largest absolute Gasteiger partial charge is 0.439 e. The van der Waals surface area contributed by atoms with Crippen LogP contribution in [0, 0.1) is 6.92 Å². The van der Waals surface area contributed by atoms with E-state index in [2.05, 4.69) is 37.4 Å². The molecule has 0 spiro atoms. The minimum Gasteiger partial charge on any atom is -0.439 e. The Kier molecular flexibility index (Phi) is 3.55. The summed E-state index contributed by atoms with van der Waals surface area (Å²) in [5.74, 6) is 0.578. The zero-order valence-electron chi connectivity index (χ0n) is 11.2. The third-order valence-corrected chi connectivity index (χ3v) is 3.46. The quantitative estimate of drug-likeness (QED) is 0.698. The van der Waals surface area contributed by atoms with Crippen molar-refractivity contribution in [3.05, 3.63) is 18.2 Å². The van der Waals surface area contributed by atoms with Crippen LogP contribution < -0.4 is 5.32 Å². The summed E-state index contributed by atoms with van der Waals surface area (Å²) in [7, 11) is 0. The first-order chi connectivity index (χ1) is 9.76. The molecule has 0 saturated heterocycles. The summed E-state index contributed by atoms with van der Waals surface area (Å²) >= 11 is 1.36. The van der Waals surface area contributed by atoms with Crippen LogP contribution in [0.5, 0.6) is 0 Å². The Morgan fingerprint density at radius 1 is 1.35 bits per heavy atom. The van der Waals surface area contributed by atoms with Crippen molar-refractivity contribution < 1.29 is 4.42 Å². The molecule has 0 fully saturated rings. The minimum atomic E-state index is 0.560. The molecule has 0 radical (unpaired) electrons. The van der Waals surface area contributed by atoms with Crippen LogP contribution >= 0.6 is 11.8 Å². The zero-order valence-corrected chi connectivity index (χ0v) is 12.0. The molecular formula is C12H14N6OS. The molecule has 104 valence electrons. The predicted octanol–water partition coefficient (Wildman–Crippen LogP) is 2.62. The lowest BCUT2D eigenvalue weighted by Crippen LogP contribution is -2.05. The molecule has 0 aliphatic rings. The van der Waals surface area contributed by atoms with Crippen LogP contribution in [0.3, 0.4) is 0 Å². The van der Waals surface area contributed by atoms with E-state index in [1.165, 1.54) is 11.8 Å². The maximum atomic E-state index is 5.36. The van der Waals surface area contributed by atoms with Crippen LogP contribution in [0.4, 0.5) is 5.95 Å². The standard InChI is InChI=1S/C12H14N6OS/c1-3-4-13-11-16-9-8(5-14-18-9)10(17-11)20-12-15-7(2)6-19-12/h5-6H,3-4H2,1-2H3,(H2,13,14,16,17,18). The molecule has 2 N–H and O–H groups in total. The van der Waals surface area contributed by atoms with Gasteiger partial charge < -0.3 is 9.73 Å². The van der Waals surface area contributed by atoms with Gasteiger partial charge in [0, 0.05) is 6.54 Å². The van der Waals surface area contributed by atoms with Crippen molar-refractivity contribution in [2.45, 2.75) is 30.5 Å². The fourth-order valence-electron chi connectivity index (χ4n) is 1.66. The molecule has 3 heterocycles. The second-order valence-corrected chi connectivity index (χ2v) is 5.21. The van der Waals surface area contributed by atoms with E-state index in [0.717, 1.165) is 29.1 Å². The first-order valence-electron chi connectivity index (χ1n) is 6.31. The van der Waals surface area contributed by atoms with E-state index in [1.807, 2.05) is 6.92 Å². The van der Waals surface area contributed by atoms with Crippen molar-refractivity contribution in [3.8, 4) is 0 Å². The van der Waals surface area contributed by atoms with Crippen molar-refractivity contribution in [1.82, 2.24) is 25.1 Å². The Morgan fingerprint density at radius 2 is 2.25 bits per heavy atom. The van der Waals surface area contributed by atoms with Gasteiger partial charge in [-0.15, -0.1) is 0 Å². The van der Waals surface area contributed by atoms with Crippen molar-refractivity contribution in [2.75, 3.05) is 11.9 Å². The lowest BCUT2D eigenvalue weighted by Gasteiger charge is -2.05. The predicted molar refractivity (Wildman–Crippen MR) is 75.8 cm³/mol. The molecule has 0 amide bonds. The van der Waals surface area contributed by atoms with Crippen LogP contribution in [0.15, 0.2) is 27.1 Å². The van der Waals surface area contributed by atoms with E-state index in [-0.39, 0.29) is 0 Å². The van der Waals surface area contributed by atoms with Gasteiger partial charge >= 0.3 is 0 Å². The number of nitrogens with one attached hydrogen (secondary N) is 2. The molecule has 20 heavy (non-hydrogen) atoms. The van der Waals surface area contributed by atoms with Crippen molar-refractivity contribution in [1.29, 1.82) is 0 Å². The highest BCUT2D eigenvalue weighted by Gasteiger charge is 2.13. The van der Waals surface area contributed by atoms with E-state index < -0.39 is 0 Å². The highest BCUT2D eigenvalue weighted by atomic mass is 32.2. The number of aromatic nitrogens is 5. The maximum absolute atomic E-state index is 5.36. The molecule has 0 aromatic carbocycles. The summed E-state index contributed by atoms with van der Waals surface area (Å²) < 4.78 is 5.36. The van der Waals surface area contributed by atoms with Gasteiger partial charge in [0.25, 0.3) is 5.22 Å². The van der Waals surface area contributed by atoms with Crippen LogP contribution in [0.2, 0.25) is 0 Å². The molecule has 0 unspecified atom stereocenters. The summed E-state index contributed by atoms with van der Waals surface area (Å²) in [5, 5.41) is 12.2. The lowest BCUT2D eigenvalue weighted by molar-refractivity contribution is 0.454. The molecule has 8 heteroatoms. The number of aryl methyl sites for hydroxylation is 1. The molecule has 0 saturated carbocycles. The maximum Gasteiger partial charge on any atom is 0.262 e. The molecule has 0 atom stereocenters. The number of oxazole rings is 1. The van der Waals surface area contributed by atoms with E-state index in [4.69, 9.17) is 4.42 Å². The number of hydrogen-bond acceptors (Lipinski definition) is 7. The highest BCUT2D eigenvalue weighted by molar-refractivity contribution is 7.99. The Labute approximate surface area is 119 Å². The van der Waals surface area contributed by atoms with Crippen molar-refractivity contribution in [2.24, 2.45) is 0 Å². The Hall–Kier alpha value is -2.09. The molecule has 0 aliphatic carbocycles. The molecule has 3 aromatic heterocycles. The van der Waals surface area contributed by atoms with E-state index in [9.17, 15) is 0 Å². The topological polar surface area (TPSA) is 92.5 Å². The molecule has 3 aromatic rings. The smallest absolute Gasteiger partial charge is 0.262 e. The van der Waals surface area contributed by atoms with Crippen LogP contribution in [-0.4, -0.2) is 31.7 Å². The Balaban J connectivity index is 1.96. The fourth-order valence-corrected chi connectivity index (χ4v) is 2.51. The first kappa shape index (κ1) is 12.9. The van der Waals surface area contributed by atoms with Gasteiger partial charge in [-0.2, -0.15) is 10.1 Å². The number of H-pyrrole nitrogens is 1. The van der Waals surface area contributed by atoms with Gasteiger partial charge in [-0.3, -0.25) is 5.10 Å². The summed E-state index contributed by atoms with van der Waals surface area (Å²) in [5.41, 5.74) is 1.54. The molecular weight excluding hydrogens is 276 g/mol. The SMILES string of the molecule is CCCNc1nc(Sc2nc(C)co2)c2cn[nH]c2n1. The van der Waals surface area contributed by atoms with Gasteiger partial charge in [-0.1, -0.05) is 6.92 Å². The lowest BCUT2D eigenvalue weighted by atomic mass is 10.4. The van der Waals surface area contributed by atoms with Gasteiger partial charge in [0.05, 0.1) is 17.3 Å². The van der Waals surface area contributed by atoms with Crippen LogP contribution in [0.1, 0.15) is 19.0 Å². The van der Waals surface area contributed by atoms with Crippen LogP contribution in [0.25, 0.3) is 11.0 Å². The number of aromatic amines is 1. The van der Waals surface area contributed by atoms with Gasteiger partial charge in [-0.05, 0) is 25.1 Å². The summed E-state index contributed by atoms with van der Waals surface area (Å²) in [6, 6.07) is 0. The monoisotopic (exact) mass is 290 g/mol. The third kappa shape index (κ3) is 2.60. The first-order valence-corrected chi connectivity index (χ1v) is 7.13. The normalized spacial score (nSPS) is 11.1. The zero-order chi connectivity index (χ0) is 13.9. The Bertz CT molecular complexity index is 722. The fraction of sp³-hybridized carbons (Fsp3) is 0.333. The average Bonchev–Trinajstić information content (AvgIpc) is 3.05. The molecule has 3 rings (SSSR count). The van der Waals surface area contributed by atoms with Gasteiger partial charge in [-0.25, -0.2) is 9.97 Å². The molecule has 0 aliphatic heterocycles. The second kappa shape index (κ2) is 5.49. The third-order valence-electron chi connectivity index (χ3n) is 2.59. The van der Waals surface area contributed by atoms with Crippen LogP contribution in [-0.2, 0) is 0 Å². The van der Waals surface area contributed by atoms with E-state index in [0.29, 0.717) is 16.8 Å². The number of anilines is 1. The van der Waals surface area contributed by atoms with Gasteiger partial charge in [0.1, 0.15) is 11.3 Å². The van der Waals surface area contributed by atoms with Crippen molar-refractivity contribution in [3.63, 3.8) is 0 Å². The summed E-state index contributed by atoms with van der Waals surface area (Å²) in [6.07, 6.45) is 4.33. The number of hydrogen-bond donors (Lipinski definition) is 2. The number of rotatable bonds is 5. The summed E-state index contributed by atoms with van der Waals surface area (Å²) in [4.78, 5) is 13.1. The second-order valence-electron chi connectivity index (χ2n) is 4.27. The van der Waals surface area contributed by atoms with Crippen molar-refractivity contribution >= 4 is 28.7 Å². The number of nitrogens with zero attached hydrogens (tertiary/aromatic N) is 4. The van der Waals surface area contributed by atoms with Gasteiger partial charge in [0.2, 0.25) is 5.95 Å². The number of fused-ring (bicyclic) bond motifs is 1. The average molecular weight is 290 g/mol. The van der Waals surface area contributed by atoms with E-state index in [1.54, 1.807) is 12.5 Å². The highest BCUT2D eigenvalue weighted by Crippen LogP contribution is 2.30.